The van der Waals surface area contributed by atoms with Gasteiger partial charge in [-0.25, -0.2) is 9.78 Å². The van der Waals surface area contributed by atoms with Gasteiger partial charge >= 0.3 is 5.97 Å². The van der Waals surface area contributed by atoms with Crippen LogP contribution in [0.4, 0.5) is 11.5 Å². The van der Waals surface area contributed by atoms with Gasteiger partial charge in [0.25, 0.3) is 0 Å². The third-order valence-electron chi connectivity index (χ3n) is 4.50. The molecule has 3 rings (SSSR count). The first kappa shape index (κ1) is 18.2. The Labute approximate surface area is 154 Å². The molecular weight excluding hydrogens is 328 g/mol. The van der Waals surface area contributed by atoms with E-state index in [4.69, 9.17) is 10.5 Å². The van der Waals surface area contributed by atoms with E-state index in [1.54, 1.807) is 19.2 Å². The van der Waals surface area contributed by atoms with Gasteiger partial charge in [0, 0.05) is 19.1 Å². The van der Waals surface area contributed by atoms with Crippen molar-refractivity contribution in [1.29, 1.82) is 0 Å². The van der Waals surface area contributed by atoms with Crippen molar-refractivity contribution in [1.82, 2.24) is 9.88 Å². The maximum absolute atomic E-state index is 12.2. The molecular formula is C20H26N4O2. The molecule has 0 bridgehead atoms. The molecule has 0 aliphatic carbocycles. The zero-order valence-electron chi connectivity index (χ0n) is 15.1. The average molecular weight is 354 g/mol. The highest BCUT2D eigenvalue weighted by molar-refractivity contribution is 5.95. The molecule has 1 atom stereocenters. The van der Waals surface area contributed by atoms with Crippen LogP contribution in [0.1, 0.15) is 35.7 Å². The minimum atomic E-state index is -0.397. The number of likely N-dealkylation sites (tertiary alicyclic amines) is 1. The molecule has 138 valence electrons. The summed E-state index contributed by atoms with van der Waals surface area (Å²) < 4.78 is 5.13. The quantitative estimate of drug-likeness (QED) is 0.777. The average Bonchev–Trinajstić information content (AvgIpc) is 2.64. The number of piperidine rings is 1. The zero-order valence-corrected chi connectivity index (χ0v) is 15.1. The lowest BCUT2D eigenvalue weighted by Gasteiger charge is -2.33. The van der Waals surface area contributed by atoms with Gasteiger partial charge in [-0.1, -0.05) is 30.3 Å². The van der Waals surface area contributed by atoms with Crippen LogP contribution in [0.3, 0.4) is 0 Å². The summed E-state index contributed by atoms with van der Waals surface area (Å²) in [5, 5.41) is 3.42. The van der Waals surface area contributed by atoms with Crippen LogP contribution in [0.2, 0.25) is 0 Å². The van der Waals surface area contributed by atoms with Gasteiger partial charge in [-0.15, -0.1) is 0 Å². The van der Waals surface area contributed by atoms with Crippen molar-refractivity contribution in [2.24, 2.45) is 0 Å². The number of carbonyl (C=O) groups excluding carboxylic acids is 1. The van der Waals surface area contributed by atoms with Crippen LogP contribution in [-0.2, 0) is 11.3 Å². The van der Waals surface area contributed by atoms with Crippen molar-refractivity contribution in [3.63, 3.8) is 0 Å². The Morgan fingerprint density at radius 2 is 2.19 bits per heavy atom. The van der Waals surface area contributed by atoms with Crippen LogP contribution in [0.15, 0.2) is 42.6 Å². The number of benzene rings is 1. The largest absolute Gasteiger partial charge is 0.462 e. The van der Waals surface area contributed by atoms with E-state index in [-0.39, 0.29) is 6.04 Å². The maximum atomic E-state index is 12.2. The van der Waals surface area contributed by atoms with Gasteiger partial charge in [-0.3, -0.25) is 4.90 Å². The lowest BCUT2D eigenvalue weighted by atomic mass is 10.0. The third-order valence-corrected chi connectivity index (χ3v) is 4.50. The Morgan fingerprint density at radius 3 is 2.96 bits per heavy atom. The Bertz CT molecular complexity index is 736. The van der Waals surface area contributed by atoms with Gasteiger partial charge in [0.1, 0.15) is 11.4 Å². The molecule has 3 N–H and O–H groups in total. The van der Waals surface area contributed by atoms with Gasteiger partial charge in [0.15, 0.2) is 0 Å². The molecule has 1 aromatic heterocycles. The van der Waals surface area contributed by atoms with E-state index in [0.29, 0.717) is 23.7 Å². The lowest BCUT2D eigenvalue weighted by molar-refractivity contribution is 0.0527. The van der Waals surface area contributed by atoms with E-state index in [0.717, 1.165) is 32.5 Å². The molecule has 1 fully saturated rings. The van der Waals surface area contributed by atoms with Gasteiger partial charge in [0.05, 0.1) is 18.5 Å². The number of anilines is 2. The number of nitrogen functional groups attached to an aromatic ring is 1. The van der Waals surface area contributed by atoms with Crippen LogP contribution in [0.25, 0.3) is 0 Å². The fourth-order valence-electron chi connectivity index (χ4n) is 3.31. The number of carbonyl (C=O) groups is 1. The van der Waals surface area contributed by atoms with Crippen molar-refractivity contribution in [2.75, 3.05) is 30.7 Å². The summed E-state index contributed by atoms with van der Waals surface area (Å²) in [5.41, 5.74) is 7.95. The Balaban J connectivity index is 1.67. The van der Waals surface area contributed by atoms with Crippen molar-refractivity contribution in [3.05, 3.63) is 53.7 Å². The Morgan fingerprint density at radius 1 is 1.38 bits per heavy atom. The number of aromatic nitrogens is 1. The first-order chi connectivity index (χ1) is 12.7. The predicted octanol–water partition coefficient (Wildman–Crippen LogP) is 2.92. The molecule has 1 aliphatic rings. The van der Waals surface area contributed by atoms with E-state index in [2.05, 4.69) is 39.5 Å². The fraction of sp³-hybridized carbons (Fsp3) is 0.400. The predicted molar refractivity (Wildman–Crippen MR) is 103 cm³/mol. The molecule has 26 heavy (non-hydrogen) atoms. The summed E-state index contributed by atoms with van der Waals surface area (Å²) in [4.78, 5) is 19.0. The SMILES string of the molecule is CCOC(=O)c1cc(N)cnc1NC1CCCN(Cc2ccccc2)C1. The highest BCUT2D eigenvalue weighted by Gasteiger charge is 2.23. The van der Waals surface area contributed by atoms with Gasteiger partial charge in [0.2, 0.25) is 0 Å². The number of ether oxygens (including phenoxy) is 1. The molecule has 1 saturated heterocycles. The highest BCUT2D eigenvalue weighted by atomic mass is 16.5. The molecule has 0 saturated carbocycles. The summed E-state index contributed by atoms with van der Waals surface area (Å²) in [6.45, 7) is 5.02. The number of hydrogen-bond acceptors (Lipinski definition) is 6. The molecule has 1 unspecified atom stereocenters. The number of pyridine rings is 1. The summed E-state index contributed by atoms with van der Waals surface area (Å²) in [6, 6.07) is 12.3. The second-order valence-electron chi connectivity index (χ2n) is 6.59. The van der Waals surface area contributed by atoms with E-state index in [1.807, 2.05) is 6.07 Å². The number of nitrogens with one attached hydrogen (secondary N) is 1. The minimum Gasteiger partial charge on any atom is -0.462 e. The van der Waals surface area contributed by atoms with E-state index < -0.39 is 5.97 Å². The standard InChI is InChI=1S/C20H26N4O2/c1-2-26-20(25)18-11-16(21)12-22-19(18)23-17-9-6-10-24(14-17)13-15-7-4-3-5-8-15/h3-5,7-8,11-12,17H,2,6,9-10,13-14,21H2,1H3,(H,22,23). The molecule has 0 radical (unpaired) electrons. The molecule has 2 aromatic rings. The van der Waals surface area contributed by atoms with E-state index in [9.17, 15) is 4.79 Å². The highest BCUT2D eigenvalue weighted by Crippen LogP contribution is 2.21. The Hall–Kier alpha value is -2.60. The maximum Gasteiger partial charge on any atom is 0.341 e. The van der Waals surface area contributed by atoms with Gasteiger partial charge in [-0.05, 0) is 37.9 Å². The molecule has 0 spiro atoms. The van der Waals surface area contributed by atoms with Crippen molar-refractivity contribution < 1.29 is 9.53 Å². The number of rotatable bonds is 6. The number of nitrogens with zero attached hydrogens (tertiary/aromatic N) is 2. The number of nitrogens with two attached hydrogens (primary N) is 1. The van der Waals surface area contributed by atoms with Crippen LogP contribution in [0, 0.1) is 0 Å². The van der Waals surface area contributed by atoms with Crippen molar-refractivity contribution >= 4 is 17.5 Å². The number of hydrogen-bond donors (Lipinski definition) is 2. The molecule has 0 amide bonds. The normalized spacial score (nSPS) is 17.7. The smallest absolute Gasteiger partial charge is 0.341 e. The minimum absolute atomic E-state index is 0.233. The summed E-state index contributed by atoms with van der Waals surface area (Å²) >= 11 is 0. The molecule has 6 heteroatoms. The van der Waals surface area contributed by atoms with Crippen LogP contribution in [0.5, 0.6) is 0 Å². The first-order valence-electron chi connectivity index (χ1n) is 9.11. The molecule has 2 heterocycles. The third kappa shape index (κ3) is 4.73. The van der Waals surface area contributed by atoms with Crippen molar-refractivity contribution in [3.8, 4) is 0 Å². The summed E-state index contributed by atoms with van der Waals surface area (Å²) in [7, 11) is 0. The first-order valence-corrected chi connectivity index (χ1v) is 9.11. The van der Waals surface area contributed by atoms with E-state index >= 15 is 0 Å². The zero-order chi connectivity index (χ0) is 18.4. The molecule has 1 aromatic carbocycles. The Kier molecular flexibility index (Phi) is 6.07. The fourth-order valence-corrected chi connectivity index (χ4v) is 3.31. The molecule has 6 nitrogen and oxygen atoms in total. The van der Waals surface area contributed by atoms with Crippen molar-refractivity contribution in [2.45, 2.75) is 32.4 Å². The van der Waals surface area contributed by atoms with E-state index in [1.165, 1.54) is 5.56 Å². The monoisotopic (exact) mass is 354 g/mol. The van der Waals surface area contributed by atoms with Crippen LogP contribution in [-0.4, -0.2) is 41.6 Å². The topological polar surface area (TPSA) is 80.5 Å². The second kappa shape index (κ2) is 8.67. The van der Waals surface area contributed by atoms with Crippen LogP contribution >= 0.6 is 0 Å². The van der Waals surface area contributed by atoms with Crippen LogP contribution < -0.4 is 11.1 Å². The van der Waals surface area contributed by atoms with Gasteiger partial charge in [-0.2, -0.15) is 0 Å². The second-order valence-corrected chi connectivity index (χ2v) is 6.59. The summed E-state index contributed by atoms with van der Waals surface area (Å²) in [5.74, 6) is 0.149. The number of esters is 1. The summed E-state index contributed by atoms with van der Waals surface area (Å²) in [6.07, 6.45) is 3.71. The lowest BCUT2D eigenvalue weighted by Crippen LogP contribution is -2.42. The molecule has 1 aliphatic heterocycles. The van der Waals surface area contributed by atoms with Gasteiger partial charge < -0.3 is 15.8 Å².